The molecule has 30 heavy (non-hydrogen) atoms. The zero-order valence-corrected chi connectivity index (χ0v) is 17.7. The van der Waals surface area contributed by atoms with Crippen molar-refractivity contribution in [2.75, 3.05) is 19.5 Å². The molecule has 0 saturated carbocycles. The molecular weight excluding hydrogens is 410 g/mol. The molecule has 162 valence electrons. The Morgan fingerprint density at radius 3 is 2.43 bits per heavy atom. The zero-order chi connectivity index (χ0) is 22.0. The molecular formula is C21H25NO7S. The number of nitrogens with zero attached hydrogens (tertiary/aromatic N) is 1. The highest BCUT2D eigenvalue weighted by atomic mass is 32.2. The lowest BCUT2D eigenvalue weighted by atomic mass is 10.1. The molecule has 0 atom stereocenters. The van der Waals surface area contributed by atoms with Crippen molar-refractivity contribution < 1.29 is 32.1 Å². The van der Waals surface area contributed by atoms with Gasteiger partial charge in [0, 0.05) is 12.8 Å². The molecule has 0 unspecified atom stereocenters. The average Bonchev–Trinajstić information content (AvgIpc) is 2.66. The lowest BCUT2D eigenvalue weighted by molar-refractivity contribution is -0.135. The van der Waals surface area contributed by atoms with Crippen LogP contribution < -0.4 is 8.92 Å². The van der Waals surface area contributed by atoms with Crippen molar-refractivity contribution in [3.05, 3.63) is 59.7 Å². The van der Waals surface area contributed by atoms with E-state index in [9.17, 15) is 13.2 Å². The molecule has 2 aromatic carbocycles. The molecule has 0 saturated heterocycles. The Hall–Kier alpha value is -3.07. The topological polar surface area (TPSA) is 111 Å². The Morgan fingerprint density at radius 1 is 1.07 bits per heavy atom. The highest BCUT2D eigenvalue weighted by Crippen LogP contribution is 2.17. The van der Waals surface area contributed by atoms with Crippen molar-refractivity contribution in [2.45, 2.75) is 26.2 Å². The van der Waals surface area contributed by atoms with E-state index in [2.05, 4.69) is 5.16 Å². The van der Waals surface area contributed by atoms with E-state index in [1.807, 2.05) is 24.3 Å². The number of rotatable bonds is 12. The number of carbonyl (C=O) groups is 1. The molecule has 2 rings (SSSR count). The Labute approximate surface area is 176 Å². The minimum absolute atomic E-state index is 0.190. The minimum Gasteiger partial charge on any atom is -0.493 e. The summed E-state index contributed by atoms with van der Waals surface area (Å²) in [5.74, 6) is -0.0369. The van der Waals surface area contributed by atoms with Crippen LogP contribution in [0.15, 0.2) is 53.7 Å². The van der Waals surface area contributed by atoms with E-state index >= 15 is 0 Å². The van der Waals surface area contributed by atoms with E-state index in [1.54, 1.807) is 31.2 Å². The largest absolute Gasteiger partial charge is 0.493 e. The van der Waals surface area contributed by atoms with Crippen LogP contribution in [0.2, 0.25) is 0 Å². The lowest BCUT2D eigenvalue weighted by Gasteiger charge is -2.09. The third-order valence-electron chi connectivity index (χ3n) is 3.82. The first-order valence-corrected chi connectivity index (χ1v) is 11.2. The van der Waals surface area contributed by atoms with Gasteiger partial charge in [0.05, 0.1) is 25.0 Å². The summed E-state index contributed by atoms with van der Waals surface area (Å²) in [5.41, 5.74) is 2.27. The Balaban J connectivity index is 1.91. The fourth-order valence-corrected chi connectivity index (χ4v) is 3.07. The van der Waals surface area contributed by atoms with Gasteiger partial charge in [-0.3, -0.25) is 4.79 Å². The molecule has 8 nitrogen and oxygen atoms in total. The SMILES string of the molecule is CCO/N=C(\CC(=O)O)Cc1cccc(OCCc2ccc(OS(C)(=O)=O)cc2)c1. The molecule has 0 aliphatic carbocycles. The van der Waals surface area contributed by atoms with Gasteiger partial charge in [-0.1, -0.05) is 29.4 Å². The van der Waals surface area contributed by atoms with Crippen LogP contribution in [0.1, 0.15) is 24.5 Å². The molecule has 9 heteroatoms. The maximum absolute atomic E-state index is 11.1. The van der Waals surface area contributed by atoms with Gasteiger partial charge >= 0.3 is 16.1 Å². The van der Waals surface area contributed by atoms with Gasteiger partial charge in [-0.05, 0) is 42.3 Å². The first-order valence-electron chi connectivity index (χ1n) is 9.35. The Bertz CT molecular complexity index is 969. The first kappa shape index (κ1) is 23.2. The summed E-state index contributed by atoms with van der Waals surface area (Å²) in [4.78, 5) is 16.0. The van der Waals surface area contributed by atoms with Gasteiger partial charge in [0.15, 0.2) is 0 Å². The molecule has 0 aromatic heterocycles. The first-order chi connectivity index (χ1) is 14.2. The van der Waals surface area contributed by atoms with Crippen LogP contribution >= 0.6 is 0 Å². The quantitative estimate of drug-likeness (QED) is 0.310. The van der Waals surface area contributed by atoms with Crippen molar-refractivity contribution >= 4 is 21.8 Å². The Morgan fingerprint density at radius 2 is 1.80 bits per heavy atom. The van der Waals surface area contributed by atoms with Crippen LogP contribution in [-0.4, -0.2) is 44.7 Å². The maximum Gasteiger partial charge on any atom is 0.309 e. The summed E-state index contributed by atoms with van der Waals surface area (Å²) in [5, 5.41) is 12.9. The fraction of sp³-hybridized carbons (Fsp3) is 0.333. The van der Waals surface area contributed by atoms with Gasteiger partial charge in [-0.25, -0.2) is 0 Å². The van der Waals surface area contributed by atoms with Crippen molar-refractivity contribution in [1.29, 1.82) is 0 Å². The van der Waals surface area contributed by atoms with Crippen LogP contribution in [-0.2, 0) is 32.6 Å². The molecule has 0 fully saturated rings. The second-order valence-corrected chi connectivity index (χ2v) is 8.07. The molecule has 1 N–H and O–H groups in total. The maximum atomic E-state index is 11.1. The van der Waals surface area contributed by atoms with E-state index in [1.165, 1.54) is 0 Å². The van der Waals surface area contributed by atoms with E-state index in [-0.39, 0.29) is 12.2 Å². The fourth-order valence-electron chi connectivity index (χ4n) is 2.61. The molecule has 0 radical (unpaired) electrons. The Kier molecular flexibility index (Phi) is 8.67. The molecule has 0 bridgehead atoms. The van der Waals surface area contributed by atoms with Crippen LogP contribution in [0.3, 0.4) is 0 Å². The van der Waals surface area contributed by atoms with Crippen molar-refractivity contribution in [1.82, 2.24) is 0 Å². The molecule has 0 spiro atoms. The highest BCUT2D eigenvalue weighted by Gasteiger charge is 2.09. The van der Waals surface area contributed by atoms with Gasteiger partial charge in [-0.15, -0.1) is 0 Å². The predicted octanol–water partition coefficient (Wildman–Crippen LogP) is 3.06. The van der Waals surface area contributed by atoms with Gasteiger partial charge in [0.1, 0.15) is 18.1 Å². The number of carboxylic acid groups (broad SMARTS) is 1. The number of carboxylic acids is 1. The number of hydrogen-bond acceptors (Lipinski definition) is 7. The third-order valence-corrected chi connectivity index (χ3v) is 4.31. The average molecular weight is 435 g/mol. The molecule has 0 aliphatic rings. The number of benzene rings is 2. The van der Waals surface area contributed by atoms with E-state index in [0.29, 0.717) is 37.5 Å². The second kappa shape index (κ2) is 11.2. The normalized spacial score (nSPS) is 11.7. The minimum atomic E-state index is -3.54. The van der Waals surface area contributed by atoms with Gasteiger partial charge in [0.25, 0.3) is 0 Å². The lowest BCUT2D eigenvalue weighted by Crippen LogP contribution is -2.11. The third kappa shape index (κ3) is 8.95. The van der Waals surface area contributed by atoms with Gasteiger partial charge in [-0.2, -0.15) is 8.42 Å². The smallest absolute Gasteiger partial charge is 0.309 e. The van der Waals surface area contributed by atoms with Crippen LogP contribution in [0.5, 0.6) is 11.5 Å². The van der Waals surface area contributed by atoms with Crippen LogP contribution in [0.25, 0.3) is 0 Å². The molecule has 0 heterocycles. The molecule has 0 amide bonds. The summed E-state index contributed by atoms with van der Waals surface area (Å²) >= 11 is 0. The van der Waals surface area contributed by atoms with Crippen LogP contribution in [0, 0.1) is 0 Å². The van der Waals surface area contributed by atoms with Crippen LogP contribution in [0.4, 0.5) is 0 Å². The van der Waals surface area contributed by atoms with E-state index < -0.39 is 16.1 Å². The number of aliphatic carboxylic acids is 1. The summed E-state index contributed by atoms with van der Waals surface area (Å²) in [6.07, 6.45) is 1.78. The second-order valence-electron chi connectivity index (χ2n) is 6.50. The summed E-state index contributed by atoms with van der Waals surface area (Å²) in [6.45, 7) is 2.57. The predicted molar refractivity (Wildman–Crippen MR) is 113 cm³/mol. The zero-order valence-electron chi connectivity index (χ0n) is 16.9. The van der Waals surface area contributed by atoms with Crippen molar-refractivity contribution in [3.8, 4) is 11.5 Å². The summed E-state index contributed by atoms with van der Waals surface area (Å²) < 4.78 is 32.9. The monoisotopic (exact) mass is 435 g/mol. The molecule has 0 aliphatic heterocycles. The van der Waals surface area contributed by atoms with E-state index in [0.717, 1.165) is 17.4 Å². The number of hydrogen-bond donors (Lipinski definition) is 1. The van der Waals surface area contributed by atoms with Gasteiger partial charge < -0.3 is 18.9 Å². The molecule has 2 aromatic rings. The summed E-state index contributed by atoms with van der Waals surface area (Å²) in [7, 11) is -3.54. The van der Waals surface area contributed by atoms with Gasteiger partial charge in [0.2, 0.25) is 0 Å². The number of ether oxygens (including phenoxy) is 1. The van der Waals surface area contributed by atoms with Crippen molar-refractivity contribution in [3.63, 3.8) is 0 Å². The summed E-state index contributed by atoms with van der Waals surface area (Å²) in [6, 6.07) is 14.1. The highest BCUT2D eigenvalue weighted by molar-refractivity contribution is 7.86. The number of oxime groups is 1. The van der Waals surface area contributed by atoms with E-state index in [4.69, 9.17) is 18.9 Å². The standard InChI is InChI=1S/C21H25NO7S/c1-3-28-22-18(15-21(23)24)13-17-5-4-6-20(14-17)27-12-11-16-7-9-19(10-8-16)29-30(2,25)26/h4-10,14H,3,11-13,15H2,1-2H3,(H,23,24)/b22-18-. The van der Waals surface area contributed by atoms with Crippen molar-refractivity contribution in [2.24, 2.45) is 5.16 Å².